The molecule has 2 aromatic rings. The molecule has 1 unspecified atom stereocenters. The van der Waals surface area contributed by atoms with E-state index >= 15 is 0 Å². The summed E-state index contributed by atoms with van der Waals surface area (Å²) in [6.45, 7) is 8.82. The van der Waals surface area contributed by atoms with Gasteiger partial charge in [-0.3, -0.25) is 0 Å². The van der Waals surface area contributed by atoms with E-state index in [1.165, 1.54) is 12.8 Å². The number of aromatic carboxylic acids is 1. The van der Waals surface area contributed by atoms with Crippen molar-refractivity contribution in [3.63, 3.8) is 0 Å². The summed E-state index contributed by atoms with van der Waals surface area (Å²) in [7, 11) is 0. The Morgan fingerprint density at radius 1 is 1.38 bits per heavy atom. The molecule has 1 aliphatic carbocycles. The topological polar surface area (TPSA) is 55.1 Å². The van der Waals surface area contributed by atoms with Gasteiger partial charge in [-0.1, -0.05) is 20.8 Å². The summed E-state index contributed by atoms with van der Waals surface area (Å²) in [5.41, 5.74) is 2.26. The summed E-state index contributed by atoms with van der Waals surface area (Å²) in [5, 5.41) is 9.23. The van der Waals surface area contributed by atoms with E-state index in [0.29, 0.717) is 11.5 Å². The fourth-order valence-corrected chi connectivity index (χ4v) is 2.67. The predicted octanol–water partition coefficient (Wildman–Crippen LogP) is 4.22. The van der Waals surface area contributed by atoms with Gasteiger partial charge in [0.15, 0.2) is 0 Å². The first kappa shape index (κ1) is 14.1. The average Bonchev–Trinajstić information content (AvgIpc) is 3.17. The quantitative estimate of drug-likeness (QED) is 0.919. The standard InChI is InChI=1S/C17H22N2O2/c1-10(17(2,3)4)19-14-9-12(16(20)21)7-8-13(14)18-15(19)11-5-6-11/h7-11H,5-6H2,1-4H3,(H,20,21). The molecule has 0 bridgehead atoms. The van der Waals surface area contributed by atoms with Gasteiger partial charge in [-0.15, -0.1) is 0 Å². The SMILES string of the molecule is CC(n1c(C2CC2)nc2ccc(C(=O)O)cc21)C(C)(C)C. The van der Waals surface area contributed by atoms with Crippen molar-refractivity contribution in [2.75, 3.05) is 0 Å². The molecule has 0 spiro atoms. The van der Waals surface area contributed by atoms with Gasteiger partial charge in [0.25, 0.3) is 0 Å². The van der Waals surface area contributed by atoms with Gasteiger partial charge in [0, 0.05) is 12.0 Å². The van der Waals surface area contributed by atoms with Crippen molar-refractivity contribution in [3.05, 3.63) is 29.6 Å². The van der Waals surface area contributed by atoms with Crippen LogP contribution in [-0.2, 0) is 0 Å². The van der Waals surface area contributed by atoms with E-state index < -0.39 is 5.97 Å². The highest BCUT2D eigenvalue weighted by Gasteiger charge is 2.33. The third-order valence-corrected chi connectivity index (χ3v) is 4.55. The lowest BCUT2D eigenvalue weighted by molar-refractivity contribution is 0.0697. The van der Waals surface area contributed by atoms with E-state index in [1.54, 1.807) is 12.1 Å². The fraction of sp³-hybridized carbons (Fsp3) is 0.529. The molecule has 1 fully saturated rings. The molecule has 3 rings (SSSR count). The lowest BCUT2D eigenvalue weighted by Crippen LogP contribution is -2.23. The second kappa shape index (κ2) is 4.58. The van der Waals surface area contributed by atoms with Crippen LogP contribution in [0.5, 0.6) is 0 Å². The minimum atomic E-state index is -0.888. The number of nitrogens with zero attached hydrogens (tertiary/aromatic N) is 2. The first-order valence-corrected chi connectivity index (χ1v) is 7.54. The summed E-state index contributed by atoms with van der Waals surface area (Å²) in [4.78, 5) is 16.0. The summed E-state index contributed by atoms with van der Waals surface area (Å²) in [6.07, 6.45) is 2.37. The van der Waals surface area contributed by atoms with Gasteiger partial charge in [-0.25, -0.2) is 9.78 Å². The Kier molecular flexibility index (Phi) is 3.08. The second-order valence-electron chi connectivity index (χ2n) is 7.16. The molecule has 21 heavy (non-hydrogen) atoms. The molecule has 1 heterocycles. The lowest BCUT2D eigenvalue weighted by atomic mass is 9.87. The zero-order chi connectivity index (χ0) is 15.4. The molecule has 0 radical (unpaired) electrons. The van der Waals surface area contributed by atoms with Gasteiger partial charge in [-0.2, -0.15) is 0 Å². The maximum Gasteiger partial charge on any atom is 0.335 e. The first-order chi connectivity index (χ1) is 9.79. The highest BCUT2D eigenvalue weighted by molar-refractivity contribution is 5.92. The first-order valence-electron chi connectivity index (χ1n) is 7.54. The number of aromatic nitrogens is 2. The van der Waals surface area contributed by atoms with Gasteiger partial charge in [-0.05, 0) is 43.4 Å². The number of carboxylic acid groups (broad SMARTS) is 1. The Bertz CT molecular complexity index is 705. The van der Waals surface area contributed by atoms with Crippen LogP contribution in [0.15, 0.2) is 18.2 Å². The molecule has 0 aliphatic heterocycles. The van der Waals surface area contributed by atoms with Crippen molar-refractivity contribution >= 4 is 17.0 Å². The minimum Gasteiger partial charge on any atom is -0.478 e. The summed E-state index contributed by atoms with van der Waals surface area (Å²) >= 11 is 0. The number of hydrogen-bond donors (Lipinski definition) is 1. The Morgan fingerprint density at radius 2 is 2.05 bits per heavy atom. The van der Waals surface area contributed by atoms with E-state index in [0.717, 1.165) is 16.9 Å². The highest BCUT2D eigenvalue weighted by atomic mass is 16.4. The molecule has 1 N–H and O–H groups in total. The van der Waals surface area contributed by atoms with Crippen LogP contribution in [0, 0.1) is 5.41 Å². The van der Waals surface area contributed by atoms with E-state index in [2.05, 4.69) is 32.3 Å². The molecular formula is C17H22N2O2. The molecule has 0 amide bonds. The zero-order valence-electron chi connectivity index (χ0n) is 13.1. The molecule has 1 aliphatic rings. The third kappa shape index (κ3) is 2.43. The molecule has 4 heteroatoms. The molecule has 1 saturated carbocycles. The maximum atomic E-state index is 11.2. The van der Waals surface area contributed by atoms with E-state index in [-0.39, 0.29) is 11.5 Å². The lowest BCUT2D eigenvalue weighted by Gasteiger charge is -2.30. The number of carboxylic acids is 1. The minimum absolute atomic E-state index is 0.0937. The number of carbonyl (C=O) groups is 1. The van der Waals surface area contributed by atoms with Crippen LogP contribution in [-0.4, -0.2) is 20.6 Å². The van der Waals surface area contributed by atoms with Gasteiger partial charge in [0.2, 0.25) is 0 Å². The fourth-order valence-electron chi connectivity index (χ4n) is 2.67. The number of rotatable bonds is 3. The summed E-state index contributed by atoms with van der Waals surface area (Å²) in [6, 6.07) is 5.50. The van der Waals surface area contributed by atoms with Crippen LogP contribution < -0.4 is 0 Å². The van der Waals surface area contributed by atoms with Crippen molar-refractivity contribution in [1.29, 1.82) is 0 Å². The monoisotopic (exact) mass is 286 g/mol. The normalized spacial score (nSPS) is 17.1. The van der Waals surface area contributed by atoms with Crippen molar-refractivity contribution < 1.29 is 9.90 Å². The zero-order valence-corrected chi connectivity index (χ0v) is 13.1. The van der Waals surface area contributed by atoms with Gasteiger partial charge < -0.3 is 9.67 Å². The Morgan fingerprint density at radius 3 is 2.57 bits per heavy atom. The number of imidazole rings is 1. The van der Waals surface area contributed by atoms with Crippen LogP contribution in [0.4, 0.5) is 0 Å². The van der Waals surface area contributed by atoms with E-state index in [9.17, 15) is 9.90 Å². The predicted molar refractivity (Wildman–Crippen MR) is 82.8 cm³/mol. The van der Waals surface area contributed by atoms with Crippen molar-refractivity contribution in [2.45, 2.75) is 52.5 Å². The van der Waals surface area contributed by atoms with Gasteiger partial charge in [0.05, 0.1) is 16.6 Å². The van der Waals surface area contributed by atoms with Crippen LogP contribution in [0.25, 0.3) is 11.0 Å². The van der Waals surface area contributed by atoms with Crippen LogP contribution in [0.3, 0.4) is 0 Å². The van der Waals surface area contributed by atoms with Crippen LogP contribution in [0.1, 0.15) is 68.7 Å². The molecular weight excluding hydrogens is 264 g/mol. The third-order valence-electron chi connectivity index (χ3n) is 4.55. The second-order valence-corrected chi connectivity index (χ2v) is 7.16. The number of hydrogen-bond acceptors (Lipinski definition) is 2. The van der Waals surface area contributed by atoms with Crippen molar-refractivity contribution in [2.24, 2.45) is 5.41 Å². The van der Waals surface area contributed by atoms with Crippen LogP contribution in [0.2, 0.25) is 0 Å². The van der Waals surface area contributed by atoms with Crippen molar-refractivity contribution in [3.8, 4) is 0 Å². The Labute approximate surface area is 124 Å². The molecule has 112 valence electrons. The van der Waals surface area contributed by atoms with Crippen LogP contribution >= 0.6 is 0 Å². The average molecular weight is 286 g/mol. The maximum absolute atomic E-state index is 11.2. The molecule has 4 nitrogen and oxygen atoms in total. The van der Waals surface area contributed by atoms with Crippen molar-refractivity contribution in [1.82, 2.24) is 9.55 Å². The molecule has 1 atom stereocenters. The molecule has 0 saturated heterocycles. The van der Waals surface area contributed by atoms with Gasteiger partial charge in [0.1, 0.15) is 5.82 Å². The summed E-state index contributed by atoms with van der Waals surface area (Å²) < 4.78 is 2.26. The smallest absolute Gasteiger partial charge is 0.335 e. The molecule has 1 aromatic heterocycles. The Hall–Kier alpha value is -1.84. The highest BCUT2D eigenvalue weighted by Crippen LogP contribution is 2.44. The largest absolute Gasteiger partial charge is 0.478 e. The Balaban J connectivity index is 2.24. The number of benzene rings is 1. The summed E-state index contributed by atoms with van der Waals surface area (Å²) in [5.74, 6) is 0.770. The molecule has 1 aromatic carbocycles. The van der Waals surface area contributed by atoms with Gasteiger partial charge >= 0.3 is 5.97 Å². The number of fused-ring (bicyclic) bond motifs is 1. The van der Waals surface area contributed by atoms with E-state index in [1.807, 2.05) is 6.07 Å². The van der Waals surface area contributed by atoms with E-state index in [4.69, 9.17) is 4.98 Å².